The maximum Gasteiger partial charge on any atom is 0.351 e. The number of esters is 1. The van der Waals surface area contributed by atoms with Gasteiger partial charge in [-0.2, -0.15) is 0 Å². The van der Waals surface area contributed by atoms with Gasteiger partial charge in [-0.1, -0.05) is 41.7 Å². The molecule has 0 unspecified atom stereocenters. The van der Waals surface area contributed by atoms with Gasteiger partial charge in [-0.15, -0.1) is 0 Å². The molecule has 0 fully saturated rings. The molecule has 1 aromatic heterocycles. The molecule has 0 aliphatic heterocycles. The van der Waals surface area contributed by atoms with Crippen LogP contribution in [0.5, 0.6) is 0 Å². The maximum atomic E-state index is 12.0. The summed E-state index contributed by atoms with van der Waals surface area (Å²) in [5, 5.41) is 3.78. The highest BCUT2D eigenvalue weighted by Crippen LogP contribution is 2.43. The van der Waals surface area contributed by atoms with E-state index in [2.05, 4.69) is 5.32 Å². The lowest BCUT2D eigenvalue weighted by Gasteiger charge is -2.13. The van der Waals surface area contributed by atoms with Crippen LogP contribution in [0.3, 0.4) is 0 Å². The summed E-state index contributed by atoms with van der Waals surface area (Å²) in [6, 6.07) is 1.28. The number of carbonyl (C=O) groups excluding carboxylic acids is 1. The van der Waals surface area contributed by atoms with Crippen molar-refractivity contribution in [2.75, 3.05) is 18.5 Å². The number of fused-ring (bicyclic) bond motifs is 1. The van der Waals surface area contributed by atoms with E-state index < -0.39 is 11.6 Å². The quantitative estimate of drug-likeness (QED) is 0.462. The van der Waals surface area contributed by atoms with Crippen molar-refractivity contribution in [2.24, 2.45) is 0 Å². The Morgan fingerprint density at radius 1 is 1.22 bits per heavy atom. The molecule has 124 valence electrons. The Morgan fingerprint density at radius 2 is 1.91 bits per heavy atom. The molecule has 8 heteroatoms. The molecule has 1 N–H and O–H groups in total. The van der Waals surface area contributed by atoms with Crippen LogP contribution >= 0.6 is 34.8 Å². The van der Waals surface area contributed by atoms with Crippen LogP contribution in [0.4, 0.5) is 5.69 Å². The van der Waals surface area contributed by atoms with E-state index in [0.29, 0.717) is 12.2 Å². The Balaban J connectivity index is 2.72. The molecule has 1 aromatic carbocycles. The summed E-state index contributed by atoms with van der Waals surface area (Å²) in [6.07, 6.45) is 0.841. The Morgan fingerprint density at radius 3 is 2.52 bits per heavy atom. The van der Waals surface area contributed by atoms with Gasteiger partial charge in [-0.3, -0.25) is 0 Å². The second-order valence-electron chi connectivity index (χ2n) is 4.65. The van der Waals surface area contributed by atoms with Gasteiger partial charge >= 0.3 is 11.6 Å². The minimum Gasteiger partial charge on any atom is -0.462 e. The molecule has 0 radical (unpaired) electrons. The van der Waals surface area contributed by atoms with Crippen molar-refractivity contribution in [1.82, 2.24) is 0 Å². The summed E-state index contributed by atoms with van der Waals surface area (Å²) in [5.41, 5.74) is -0.655. The SMILES string of the molecule is CCCNc1c(Cl)c(Cl)c2cc(C(=O)OCC)c(=O)oc2c1Cl. The Kier molecular flexibility index (Phi) is 5.79. The van der Waals surface area contributed by atoms with Crippen molar-refractivity contribution in [3.05, 3.63) is 37.1 Å². The van der Waals surface area contributed by atoms with Gasteiger partial charge in [0.2, 0.25) is 0 Å². The highest BCUT2D eigenvalue weighted by atomic mass is 35.5. The Hall–Kier alpha value is -1.43. The number of rotatable bonds is 5. The molecule has 0 amide bonds. The van der Waals surface area contributed by atoms with Gasteiger partial charge in [0.15, 0.2) is 5.58 Å². The average Bonchev–Trinajstić information content (AvgIpc) is 2.52. The van der Waals surface area contributed by atoms with Crippen molar-refractivity contribution >= 4 is 57.4 Å². The number of nitrogens with one attached hydrogen (secondary N) is 1. The first-order valence-electron chi connectivity index (χ1n) is 6.97. The van der Waals surface area contributed by atoms with Crippen LogP contribution in [0.25, 0.3) is 11.0 Å². The zero-order valence-electron chi connectivity index (χ0n) is 12.5. The smallest absolute Gasteiger partial charge is 0.351 e. The minimum atomic E-state index is -0.849. The largest absolute Gasteiger partial charge is 0.462 e. The topological polar surface area (TPSA) is 68.5 Å². The number of carbonyl (C=O) groups is 1. The lowest BCUT2D eigenvalue weighted by molar-refractivity contribution is 0.0522. The molecule has 2 rings (SSSR count). The predicted molar refractivity (Wildman–Crippen MR) is 92.3 cm³/mol. The lowest BCUT2D eigenvalue weighted by Crippen LogP contribution is -2.16. The van der Waals surface area contributed by atoms with Crippen molar-refractivity contribution in [3.63, 3.8) is 0 Å². The summed E-state index contributed by atoms with van der Waals surface area (Å²) in [6.45, 7) is 4.36. The molecule has 2 aromatic rings. The van der Waals surface area contributed by atoms with E-state index in [1.807, 2.05) is 6.92 Å². The zero-order chi connectivity index (χ0) is 17.1. The molecule has 0 saturated carbocycles. The van der Waals surface area contributed by atoms with Gasteiger partial charge in [0.05, 0.1) is 22.3 Å². The molecule has 23 heavy (non-hydrogen) atoms. The van der Waals surface area contributed by atoms with Gasteiger partial charge < -0.3 is 14.5 Å². The van der Waals surface area contributed by atoms with E-state index in [0.717, 1.165) is 6.42 Å². The van der Waals surface area contributed by atoms with Crippen molar-refractivity contribution in [2.45, 2.75) is 20.3 Å². The molecule has 0 aliphatic carbocycles. The van der Waals surface area contributed by atoms with Crippen molar-refractivity contribution in [1.29, 1.82) is 0 Å². The average molecular weight is 379 g/mol. The first kappa shape index (κ1) is 17.9. The van der Waals surface area contributed by atoms with E-state index in [4.69, 9.17) is 44.0 Å². The third-order valence-corrected chi connectivity index (χ3v) is 4.29. The summed E-state index contributed by atoms with van der Waals surface area (Å²) < 4.78 is 9.99. The molecular formula is C15H14Cl3NO4. The lowest BCUT2D eigenvalue weighted by atomic mass is 10.1. The first-order chi connectivity index (χ1) is 10.9. The fourth-order valence-electron chi connectivity index (χ4n) is 1.99. The van der Waals surface area contributed by atoms with E-state index in [1.54, 1.807) is 6.92 Å². The van der Waals surface area contributed by atoms with Crippen LogP contribution in [0, 0.1) is 0 Å². The summed E-state index contributed by atoms with van der Waals surface area (Å²) in [5.74, 6) is -0.792. The number of halogens is 3. The van der Waals surface area contributed by atoms with Gasteiger partial charge in [-0.05, 0) is 19.4 Å². The standard InChI is InChI=1S/C15H14Cl3NO4/c1-3-5-19-12-10(17)9(16)7-6-8(14(20)22-4-2)15(21)23-13(7)11(12)18/h6,19H,3-5H2,1-2H3. The third kappa shape index (κ3) is 3.42. The predicted octanol–water partition coefficient (Wildman–Crippen LogP) is 4.75. The number of anilines is 1. The number of ether oxygens (including phenoxy) is 1. The highest BCUT2D eigenvalue weighted by Gasteiger charge is 2.22. The Labute approximate surface area is 147 Å². The van der Waals surface area contributed by atoms with Gasteiger partial charge in [0.25, 0.3) is 0 Å². The molecule has 5 nitrogen and oxygen atoms in total. The highest BCUT2D eigenvalue weighted by molar-refractivity contribution is 6.50. The number of hydrogen-bond acceptors (Lipinski definition) is 5. The summed E-state index contributed by atoms with van der Waals surface area (Å²) >= 11 is 18.7. The third-order valence-electron chi connectivity index (χ3n) is 3.06. The van der Waals surface area contributed by atoms with Gasteiger partial charge in [-0.25, -0.2) is 9.59 Å². The molecule has 0 spiro atoms. The maximum absolute atomic E-state index is 12.0. The van der Waals surface area contributed by atoms with Gasteiger partial charge in [0.1, 0.15) is 10.6 Å². The normalized spacial score (nSPS) is 10.8. The van der Waals surface area contributed by atoms with Crippen molar-refractivity contribution < 1.29 is 13.9 Å². The second kappa shape index (κ2) is 7.43. The van der Waals surface area contributed by atoms with E-state index in [9.17, 15) is 9.59 Å². The summed E-state index contributed by atoms with van der Waals surface area (Å²) in [4.78, 5) is 23.8. The van der Waals surface area contributed by atoms with Crippen LogP contribution < -0.4 is 10.9 Å². The fourth-order valence-corrected chi connectivity index (χ4v) is 2.84. The van der Waals surface area contributed by atoms with Gasteiger partial charge in [0, 0.05) is 11.9 Å². The monoisotopic (exact) mass is 377 g/mol. The molecule has 1 heterocycles. The van der Waals surface area contributed by atoms with Crippen molar-refractivity contribution in [3.8, 4) is 0 Å². The van der Waals surface area contributed by atoms with Crippen LogP contribution in [0.2, 0.25) is 15.1 Å². The Bertz CT molecular complexity index is 817. The summed E-state index contributed by atoms with van der Waals surface area (Å²) in [7, 11) is 0. The van der Waals surface area contributed by atoms with Crippen LogP contribution in [0.1, 0.15) is 30.6 Å². The van der Waals surface area contributed by atoms with Crippen LogP contribution in [-0.4, -0.2) is 19.1 Å². The van der Waals surface area contributed by atoms with Crippen LogP contribution in [-0.2, 0) is 4.74 Å². The number of hydrogen-bond donors (Lipinski definition) is 1. The zero-order valence-corrected chi connectivity index (χ0v) is 14.7. The van der Waals surface area contributed by atoms with E-state index in [-0.39, 0.29) is 38.2 Å². The van der Waals surface area contributed by atoms with Crippen LogP contribution in [0.15, 0.2) is 15.3 Å². The molecule has 0 aliphatic rings. The van der Waals surface area contributed by atoms with E-state index in [1.165, 1.54) is 6.07 Å². The second-order valence-corrected chi connectivity index (χ2v) is 5.79. The molecule has 0 bridgehead atoms. The fraction of sp³-hybridized carbons (Fsp3) is 0.333. The molecule has 0 saturated heterocycles. The molecule has 0 atom stereocenters. The van der Waals surface area contributed by atoms with E-state index >= 15 is 0 Å². The number of benzene rings is 1. The molecular weight excluding hydrogens is 365 g/mol. The minimum absolute atomic E-state index is 0.0673. The first-order valence-corrected chi connectivity index (χ1v) is 8.11.